The van der Waals surface area contributed by atoms with Gasteiger partial charge in [0.2, 0.25) is 0 Å². The van der Waals surface area contributed by atoms with Gasteiger partial charge < -0.3 is 14.8 Å². The Bertz CT molecular complexity index is 426. The summed E-state index contributed by atoms with van der Waals surface area (Å²) in [6.45, 7) is 9.22. The van der Waals surface area contributed by atoms with E-state index in [-0.39, 0.29) is 0 Å². The van der Waals surface area contributed by atoms with E-state index < -0.39 is 0 Å². The predicted molar refractivity (Wildman–Crippen MR) is 79.4 cm³/mol. The van der Waals surface area contributed by atoms with E-state index in [0.29, 0.717) is 6.61 Å². The van der Waals surface area contributed by atoms with Crippen LogP contribution in [0.25, 0.3) is 0 Å². The van der Waals surface area contributed by atoms with Gasteiger partial charge in [0.15, 0.2) is 11.5 Å². The third kappa shape index (κ3) is 3.07. The maximum absolute atomic E-state index is 5.89. The van der Waals surface area contributed by atoms with Gasteiger partial charge in [0.1, 0.15) is 6.61 Å². The molecule has 1 N–H and O–H groups in total. The fourth-order valence-corrected chi connectivity index (χ4v) is 3.26. The van der Waals surface area contributed by atoms with Crippen LogP contribution in [-0.2, 0) is 0 Å². The van der Waals surface area contributed by atoms with Crippen LogP contribution in [0.4, 0.5) is 0 Å². The summed E-state index contributed by atoms with van der Waals surface area (Å²) in [6.07, 6.45) is 0. The van der Waals surface area contributed by atoms with E-state index in [2.05, 4.69) is 10.2 Å². The molecule has 2 saturated heterocycles. The number of para-hydroxylation sites is 2. The molecule has 110 valence electrons. The van der Waals surface area contributed by atoms with E-state index in [1.165, 1.54) is 26.2 Å². The van der Waals surface area contributed by atoms with Gasteiger partial charge >= 0.3 is 0 Å². The summed E-state index contributed by atoms with van der Waals surface area (Å²) in [7, 11) is 0. The SMILES string of the molecule is CCOc1ccccc1OCCN1C[C@H]2CNC[C@H]2C1. The molecule has 20 heavy (non-hydrogen) atoms. The minimum atomic E-state index is 0.670. The number of hydrogen-bond acceptors (Lipinski definition) is 4. The first kappa shape index (κ1) is 13.7. The zero-order valence-electron chi connectivity index (χ0n) is 12.2. The lowest BCUT2D eigenvalue weighted by Gasteiger charge is -2.18. The molecular weight excluding hydrogens is 252 g/mol. The molecule has 0 saturated carbocycles. The van der Waals surface area contributed by atoms with Crippen LogP contribution in [0.15, 0.2) is 24.3 Å². The van der Waals surface area contributed by atoms with Crippen molar-refractivity contribution in [3.63, 3.8) is 0 Å². The second-order valence-electron chi connectivity index (χ2n) is 5.67. The summed E-state index contributed by atoms with van der Waals surface area (Å²) in [6, 6.07) is 7.91. The molecule has 2 aliphatic rings. The van der Waals surface area contributed by atoms with Crippen molar-refractivity contribution in [3.8, 4) is 11.5 Å². The van der Waals surface area contributed by atoms with Crippen LogP contribution >= 0.6 is 0 Å². The quantitative estimate of drug-likeness (QED) is 0.856. The summed E-state index contributed by atoms with van der Waals surface area (Å²) < 4.78 is 11.5. The Morgan fingerprint density at radius 1 is 1.10 bits per heavy atom. The summed E-state index contributed by atoms with van der Waals surface area (Å²) in [5.41, 5.74) is 0. The monoisotopic (exact) mass is 276 g/mol. The molecule has 0 aromatic heterocycles. The van der Waals surface area contributed by atoms with Crippen molar-refractivity contribution in [1.82, 2.24) is 10.2 Å². The Balaban J connectivity index is 1.46. The Labute approximate surface area is 121 Å². The first-order valence-corrected chi connectivity index (χ1v) is 7.64. The number of hydrogen-bond donors (Lipinski definition) is 1. The van der Waals surface area contributed by atoms with Crippen molar-refractivity contribution in [2.24, 2.45) is 11.8 Å². The summed E-state index contributed by atoms with van der Waals surface area (Å²) in [4.78, 5) is 2.53. The molecule has 1 aromatic rings. The molecule has 4 nitrogen and oxygen atoms in total. The second-order valence-corrected chi connectivity index (χ2v) is 5.67. The number of ether oxygens (including phenoxy) is 2. The highest BCUT2D eigenvalue weighted by atomic mass is 16.5. The summed E-state index contributed by atoms with van der Waals surface area (Å²) in [5, 5.41) is 3.47. The van der Waals surface area contributed by atoms with Crippen LogP contribution in [0, 0.1) is 11.8 Å². The van der Waals surface area contributed by atoms with Gasteiger partial charge in [-0.2, -0.15) is 0 Å². The number of fused-ring (bicyclic) bond motifs is 1. The van der Waals surface area contributed by atoms with Gasteiger partial charge in [-0.1, -0.05) is 12.1 Å². The topological polar surface area (TPSA) is 33.7 Å². The molecule has 0 amide bonds. The fourth-order valence-electron chi connectivity index (χ4n) is 3.26. The minimum Gasteiger partial charge on any atom is -0.490 e. The highest BCUT2D eigenvalue weighted by molar-refractivity contribution is 5.39. The normalized spacial score (nSPS) is 25.6. The van der Waals surface area contributed by atoms with Gasteiger partial charge in [-0.25, -0.2) is 0 Å². The molecule has 0 unspecified atom stereocenters. The molecule has 2 atom stereocenters. The number of rotatable bonds is 6. The van der Waals surface area contributed by atoms with Crippen molar-refractivity contribution in [3.05, 3.63) is 24.3 Å². The first-order chi connectivity index (χ1) is 9.86. The number of nitrogens with one attached hydrogen (secondary N) is 1. The molecule has 2 fully saturated rings. The molecule has 3 rings (SSSR count). The van der Waals surface area contributed by atoms with E-state index >= 15 is 0 Å². The molecule has 4 heteroatoms. The first-order valence-electron chi connectivity index (χ1n) is 7.64. The van der Waals surface area contributed by atoms with E-state index in [1.807, 2.05) is 31.2 Å². The Morgan fingerprint density at radius 2 is 1.75 bits per heavy atom. The molecule has 0 spiro atoms. The van der Waals surface area contributed by atoms with Gasteiger partial charge in [0.05, 0.1) is 6.61 Å². The van der Waals surface area contributed by atoms with E-state index in [9.17, 15) is 0 Å². The molecule has 2 aliphatic heterocycles. The third-order valence-electron chi connectivity index (χ3n) is 4.28. The van der Waals surface area contributed by atoms with E-state index in [0.717, 1.165) is 36.5 Å². The average Bonchev–Trinajstić information content (AvgIpc) is 3.02. The molecular formula is C16H24N2O2. The zero-order valence-corrected chi connectivity index (χ0v) is 12.2. The Kier molecular flexibility index (Phi) is 4.43. The van der Waals surface area contributed by atoms with Crippen LogP contribution in [-0.4, -0.2) is 50.8 Å². The number of nitrogens with zero attached hydrogens (tertiary/aromatic N) is 1. The second kappa shape index (κ2) is 6.46. The van der Waals surface area contributed by atoms with Gasteiger partial charge in [0.25, 0.3) is 0 Å². The molecule has 1 aromatic carbocycles. The molecule has 0 aliphatic carbocycles. The molecule has 0 radical (unpaired) electrons. The fraction of sp³-hybridized carbons (Fsp3) is 0.625. The van der Waals surface area contributed by atoms with E-state index in [1.54, 1.807) is 0 Å². The summed E-state index contributed by atoms with van der Waals surface area (Å²) >= 11 is 0. The van der Waals surface area contributed by atoms with Crippen molar-refractivity contribution >= 4 is 0 Å². The summed E-state index contributed by atoms with van der Waals surface area (Å²) in [5.74, 6) is 3.41. The minimum absolute atomic E-state index is 0.670. The molecule has 0 bridgehead atoms. The molecule has 2 heterocycles. The Hall–Kier alpha value is -1.26. The van der Waals surface area contributed by atoms with Crippen molar-refractivity contribution < 1.29 is 9.47 Å². The van der Waals surface area contributed by atoms with Crippen LogP contribution in [0.2, 0.25) is 0 Å². The number of likely N-dealkylation sites (tertiary alicyclic amines) is 1. The van der Waals surface area contributed by atoms with Crippen molar-refractivity contribution in [2.75, 3.05) is 45.9 Å². The van der Waals surface area contributed by atoms with Gasteiger partial charge in [-0.3, -0.25) is 4.90 Å². The third-order valence-corrected chi connectivity index (χ3v) is 4.28. The van der Waals surface area contributed by atoms with Crippen LogP contribution < -0.4 is 14.8 Å². The predicted octanol–water partition coefficient (Wildman–Crippen LogP) is 1.62. The van der Waals surface area contributed by atoms with Crippen LogP contribution in [0.5, 0.6) is 11.5 Å². The largest absolute Gasteiger partial charge is 0.490 e. The average molecular weight is 276 g/mol. The lowest BCUT2D eigenvalue weighted by atomic mass is 10.0. The van der Waals surface area contributed by atoms with Crippen LogP contribution in [0.1, 0.15) is 6.92 Å². The maximum atomic E-state index is 5.89. The van der Waals surface area contributed by atoms with Gasteiger partial charge in [-0.05, 0) is 44.0 Å². The highest BCUT2D eigenvalue weighted by Gasteiger charge is 2.35. The lowest BCUT2D eigenvalue weighted by Crippen LogP contribution is -2.29. The smallest absolute Gasteiger partial charge is 0.161 e. The van der Waals surface area contributed by atoms with E-state index in [4.69, 9.17) is 9.47 Å². The lowest BCUT2D eigenvalue weighted by molar-refractivity contribution is 0.219. The van der Waals surface area contributed by atoms with Gasteiger partial charge in [0, 0.05) is 19.6 Å². The van der Waals surface area contributed by atoms with Crippen LogP contribution in [0.3, 0.4) is 0 Å². The number of benzene rings is 1. The highest BCUT2D eigenvalue weighted by Crippen LogP contribution is 2.28. The Morgan fingerprint density at radius 3 is 2.40 bits per heavy atom. The van der Waals surface area contributed by atoms with Crippen molar-refractivity contribution in [2.45, 2.75) is 6.92 Å². The van der Waals surface area contributed by atoms with Gasteiger partial charge in [-0.15, -0.1) is 0 Å². The maximum Gasteiger partial charge on any atom is 0.161 e. The van der Waals surface area contributed by atoms with Crippen molar-refractivity contribution in [1.29, 1.82) is 0 Å². The standard InChI is InChI=1S/C16H24N2O2/c1-2-19-15-5-3-4-6-16(15)20-8-7-18-11-13-9-17-10-14(13)12-18/h3-6,13-14,17H,2,7-12H2,1H3/t13-,14+. The zero-order chi connectivity index (χ0) is 13.8.